The number of piperidine rings is 1. The van der Waals surface area contributed by atoms with Crippen LogP contribution in [0.3, 0.4) is 0 Å². The molecule has 1 N–H and O–H groups in total. The van der Waals surface area contributed by atoms with E-state index < -0.39 is 0 Å². The van der Waals surface area contributed by atoms with Crippen molar-refractivity contribution in [3.05, 3.63) is 70.7 Å². The van der Waals surface area contributed by atoms with E-state index >= 15 is 0 Å². The van der Waals surface area contributed by atoms with Gasteiger partial charge < -0.3 is 17.3 Å². The van der Waals surface area contributed by atoms with Gasteiger partial charge >= 0.3 is 0 Å². The Morgan fingerprint density at radius 3 is 2.39 bits per heavy atom. The fourth-order valence-electron chi connectivity index (χ4n) is 3.67. The molecule has 0 bridgehead atoms. The monoisotopic (exact) mass is 422 g/mol. The maximum absolute atomic E-state index is 12.1. The van der Waals surface area contributed by atoms with Crippen molar-refractivity contribution in [1.82, 2.24) is 5.06 Å². The maximum Gasteiger partial charge on any atom is 0.243 e. The Kier molecular flexibility index (Phi) is 9.26. The van der Waals surface area contributed by atoms with Crippen LogP contribution in [-0.4, -0.2) is 36.6 Å². The van der Waals surface area contributed by atoms with Crippen molar-refractivity contribution in [2.24, 2.45) is 0 Å². The Bertz CT molecular complexity index is 734. The molecule has 1 aliphatic rings. The molecule has 0 aliphatic carbocycles. The Morgan fingerprint density at radius 1 is 1.11 bits per heavy atom. The molecule has 0 atom stereocenters. The third-order valence-electron chi connectivity index (χ3n) is 5.23. The molecule has 1 fully saturated rings. The first-order chi connectivity index (χ1) is 13.1. The zero-order valence-electron chi connectivity index (χ0n) is 16.2. The molecule has 2 aromatic rings. The number of benzene rings is 2. The van der Waals surface area contributed by atoms with Gasteiger partial charge in [-0.3, -0.25) is 9.63 Å². The molecule has 2 aromatic carbocycles. The van der Waals surface area contributed by atoms with Crippen molar-refractivity contribution in [2.75, 3.05) is 19.6 Å². The van der Waals surface area contributed by atoms with Crippen LogP contribution >= 0.6 is 11.6 Å². The van der Waals surface area contributed by atoms with Crippen molar-refractivity contribution in [3.8, 4) is 0 Å². The number of nitrogens with one attached hydrogen (secondary N) is 1. The minimum Gasteiger partial charge on any atom is -1.00 e. The topological polar surface area (TPSA) is 34.0 Å². The summed E-state index contributed by atoms with van der Waals surface area (Å²) in [5.41, 5.74) is 2.29. The smallest absolute Gasteiger partial charge is 0.243 e. The zero-order chi connectivity index (χ0) is 19.1. The number of carbonyl (C=O) groups is 1. The normalized spacial score (nSPS) is 18.9. The summed E-state index contributed by atoms with van der Waals surface area (Å²) in [4.78, 5) is 19.6. The van der Waals surface area contributed by atoms with Gasteiger partial charge in [-0.1, -0.05) is 60.1 Å². The number of hydroxylamine groups is 2. The predicted molar refractivity (Wildman–Crippen MR) is 107 cm³/mol. The predicted octanol–water partition coefficient (Wildman–Crippen LogP) is -0.0859. The molecule has 3 rings (SSSR count). The van der Waals surface area contributed by atoms with E-state index in [9.17, 15) is 4.79 Å². The fourth-order valence-corrected chi connectivity index (χ4v) is 3.86. The van der Waals surface area contributed by atoms with Crippen molar-refractivity contribution >= 4 is 17.5 Å². The van der Waals surface area contributed by atoms with Crippen LogP contribution in [0.25, 0.3) is 0 Å². The van der Waals surface area contributed by atoms with Gasteiger partial charge in [-0.05, 0) is 17.2 Å². The van der Waals surface area contributed by atoms with Crippen molar-refractivity contribution in [3.63, 3.8) is 0 Å². The molecule has 1 amide bonds. The van der Waals surface area contributed by atoms with E-state index in [1.165, 1.54) is 5.56 Å². The summed E-state index contributed by atoms with van der Waals surface area (Å²) in [6.45, 7) is 5.16. The van der Waals surface area contributed by atoms with Crippen molar-refractivity contribution in [2.45, 2.75) is 38.8 Å². The number of hydrogen-bond acceptors (Lipinski definition) is 2. The Morgan fingerprint density at radius 2 is 1.75 bits per heavy atom. The van der Waals surface area contributed by atoms with E-state index in [0.717, 1.165) is 44.5 Å². The lowest BCUT2D eigenvalue weighted by Gasteiger charge is -2.35. The lowest BCUT2D eigenvalue weighted by molar-refractivity contribution is -0.905. The van der Waals surface area contributed by atoms with Crippen LogP contribution in [0.5, 0.6) is 0 Å². The number of nitrogens with zero attached hydrogens (tertiary/aromatic N) is 1. The van der Waals surface area contributed by atoms with Crippen molar-refractivity contribution in [1.29, 1.82) is 0 Å². The third-order valence-corrected chi connectivity index (χ3v) is 5.60. The second-order valence-corrected chi connectivity index (χ2v) is 7.58. The summed E-state index contributed by atoms with van der Waals surface area (Å²) in [5.74, 6) is -0.0419. The van der Waals surface area contributed by atoms with Gasteiger partial charge in [0.25, 0.3) is 0 Å². The summed E-state index contributed by atoms with van der Waals surface area (Å²) in [6, 6.07) is 18.4. The highest BCUT2D eigenvalue weighted by Gasteiger charge is 2.29. The van der Waals surface area contributed by atoms with Crippen LogP contribution in [0.4, 0.5) is 0 Å². The summed E-state index contributed by atoms with van der Waals surface area (Å²) in [7, 11) is 0. The van der Waals surface area contributed by atoms with Crippen LogP contribution < -0.4 is 17.3 Å². The molecule has 28 heavy (non-hydrogen) atoms. The van der Waals surface area contributed by atoms with Gasteiger partial charge in [0, 0.05) is 31.2 Å². The molecule has 6 heteroatoms. The zero-order valence-corrected chi connectivity index (χ0v) is 17.8. The van der Waals surface area contributed by atoms with Gasteiger partial charge in [0.15, 0.2) is 0 Å². The van der Waals surface area contributed by atoms with Gasteiger partial charge in [-0.15, -0.1) is 0 Å². The highest BCUT2D eigenvalue weighted by atomic mass is 35.5. The van der Waals surface area contributed by atoms with Gasteiger partial charge in [0.1, 0.15) is 6.61 Å². The number of halogens is 2. The molecule has 0 spiro atoms. The van der Waals surface area contributed by atoms with E-state index in [2.05, 4.69) is 30.3 Å². The SMILES string of the molecule is CC(=O)N(OCc1ccccc1Cl)C1CC[NH+](CCc2ccccc2)CC1.[Cl-]. The van der Waals surface area contributed by atoms with Crippen LogP contribution in [-0.2, 0) is 22.7 Å². The molecule has 1 heterocycles. The quantitative estimate of drug-likeness (QED) is 0.632. The number of likely N-dealkylation sites (tertiary alicyclic amines) is 1. The van der Waals surface area contributed by atoms with E-state index in [0.29, 0.717) is 11.6 Å². The Balaban J connectivity index is 0.00000280. The number of hydrogen-bond donors (Lipinski definition) is 1. The van der Waals surface area contributed by atoms with Gasteiger partial charge in [0.2, 0.25) is 5.91 Å². The molecule has 1 saturated heterocycles. The first kappa shape index (κ1) is 22.7. The summed E-state index contributed by atoms with van der Waals surface area (Å²) in [6.07, 6.45) is 3.03. The second-order valence-electron chi connectivity index (χ2n) is 7.18. The van der Waals surface area contributed by atoms with Crippen LogP contribution in [0.2, 0.25) is 5.02 Å². The lowest BCUT2D eigenvalue weighted by Crippen LogP contribution is -3.13. The molecule has 0 aromatic heterocycles. The highest BCUT2D eigenvalue weighted by molar-refractivity contribution is 6.31. The first-order valence-corrected chi connectivity index (χ1v) is 10.0. The van der Waals surface area contributed by atoms with E-state index in [1.807, 2.05) is 24.3 Å². The average molecular weight is 423 g/mol. The van der Waals surface area contributed by atoms with E-state index in [4.69, 9.17) is 16.4 Å². The molecular weight excluding hydrogens is 395 g/mol. The number of quaternary nitrogens is 1. The van der Waals surface area contributed by atoms with Crippen molar-refractivity contribution < 1.29 is 26.9 Å². The Labute approximate surface area is 178 Å². The van der Waals surface area contributed by atoms with E-state index in [1.54, 1.807) is 16.9 Å². The number of carbonyl (C=O) groups excluding carboxylic acids is 1. The van der Waals surface area contributed by atoms with Gasteiger partial charge in [0.05, 0.1) is 25.7 Å². The number of rotatable bonds is 7. The summed E-state index contributed by atoms with van der Waals surface area (Å²) in [5, 5.41) is 2.23. The summed E-state index contributed by atoms with van der Waals surface area (Å²) >= 11 is 6.19. The standard InChI is InChI=1S/C22H27ClN2O2.ClH/c1-18(26)25(27-17-20-9-5-6-10-22(20)23)21-12-15-24(16-13-21)14-11-19-7-3-2-4-8-19;/h2-10,21H,11-17H2,1H3;1H. The average Bonchev–Trinajstić information content (AvgIpc) is 2.69. The van der Waals surface area contributed by atoms with E-state index in [-0.39, 0.29) is 24.4 Å². The van der Waals surface area contributed by atoms with Gasteiger partial charge in [-0.25, -0.2) is 5.06 Å². The highest BCUT2D eigenvalue weighted by Crippen LogP contribution is 2.18. The Hall–Kier alpha value is -1.59. The summed E-state index contributed by atoms with van der Waals surface area (Å²) < 4.78 is 0. The molecule has 4 nitrogen and oxygen atoms in total. The first-order valence-electron chi connectivity index (χ1n) is 9.67. The molecule has 0 radical (unpaired) electrons. The second kappa shape index (κ2) is 11.4. The molecule has 152 valence electrons. The van der Waals surface area contributed by atoms with Crippen LogP contribution in [0.15, 0.2) is 54.6 Å². The largest absolute Gasteiger partial charge is 1.00 e. The third kappa shape index (κ3) is 6.49. The minimum absolute atomic E-state index is 0. The molecule has 0 unspecified atom stereocenters. The van der Waals surface area contributed by atoms with Crippen LogP contribution in [0.1, 0.15) is 30.9 Å². The van der Waals surface area contributed by atoms with Gasteiger partial charge in [-0.2, -0.15) is 0 Å². The van der Waals surface area contributed by atoms with Crippen LogP contribution in [0, 0.1) is 0 Å². The fraction of sp³-hybridized carbons (Fsp3) is 0.409. The lowest BCUT2D eigenvalue weighted by atomic mass is 10.0. The molecular formula is C22H28Cl2N2O2. The molecule has 1 aliphatic heterocycles. The minimum atomic E-state index is -0.0419. The molecule has 0 saturated carbocycles. The number of amides is 1. The maximum atomic E-state index is 12.1.